The van der Waals surface area contributed by atoms with E-state index in [1.54, 1.807) is 23.1 Å². The lowest BCUT2D eigenvalue weighted by molar-refractivity contribution is 0.504. The molecular weight excluding hydrogens is 279 g/mol. The maximum absolute atomic E-state index is 14.1. The zero-order valence-corrected chi connectivity index (χ0v) is 12.4. The fraction of sp³-hybridized carbons (Fsp3) is 0.429. The van der Waals surface area contributed by atoms with Crippen molar-refractivity contribution in [1.29, 1.82) is 0 Å². The van der Waals surface area contributed by atoms with Crippen LogP contribution >= 0.6 is 11.6 Å². The maximum atomic E-state index is 14.1. The summed E-state index contributed by atoms with van der Waals surface area (Å²) in [6.07, 6.45) is 5.34. The predicted molar refractivity (Wildman–Crippen MR) is 77.2 cm³/mol. The molecule has 0 aliphatic rings. The fourth-order valence-corrected chi connectivity index (χ4v) is 2.42. The van der Waals surface area contributed by atoms with Gasteiger partial charge in [0.2, 0.25) is 0 Å². The van der Waals surface area contributed by atoms with Crippen molar-refractivity contribution in [3.8, 4) is 0 Å². The molecule has 20 heavy (non-hydrogen) atoms. The minimum Gasteiger partial charge on any atom is -0.305 e. The lowest BCUT2D eigenvalue weighted by Crippen LogP contribution is -2.27. The van der Waals surface area contributed by atoms with Gasteiger partial charge in [-0.05, 0) is 26.0 Å². The van der Waals surface area contributed by atoms with Gasteiger partial charge < -0.3 is 5.32 Å². The second-order valence-corrected chi connectivity index (χ2v) is 4.89. The van der Waals surface area contributed by atoms with Gasteiger partial charge in [0.15, 0.2) is 0 Å². The standard InChI is InChI=1S/C14H18ClFN4/c1-3-6-18-13(10-5-7-17-9-12(10)16)14-11(15)8-19-20(14)4-2/h5,7-9,13,18H,3-4,6H2,1-2H3. The summed E-state index contributed by atoms with van der Waals surface area (Å²) >= 11 is 6.24. The first-order chi connectivity index (χ1) is 9.69. The first-order valence-corrected chi connectivity index (χ1v) is 7.10. The first-order valence-electron chi connectivity index (χ1n) is 6.73. The highest BCUT2D eigenvalue weighted by molar-refractivity contribution is 6.31. The summed E-state index contributed by atoms with van der Waals surface area (Å²) in [7, 11) is 0. The summed E-state index contributed by atoms with van der Waals surface area (Å²) in [6.45, 7) is 5.48. The molecule has 2 rings (SSSR count). The van der Waals surface area contributed by atoms with Crippen molar-refractivity contribution in [1.82, 2.24) is 20.1 Å². The van der Waals surface area contributed by atoms with Crippen molar-refractivity contribution in [3.63, 3.8) is 0 Å². The number of nitrogens with one attached hydrogen (secondary N) is 1. The molecule has 2 aromatic heterocycles. The number of halogens is 2. The smallest absolute Gasteiger partial charge is 0.146 e. The van der Waals surface area contributed by atoms with Crippen molar-refractivity contribution in [2.75, 3.05) is 6.54 Å². The van der Waals surface area contributed by atoms with Crippen LogP contribution in [0.2, 0.25) is 5.02 Å². The third-order valence-electron chi connectivity index (χ3n) is 3.12. The lowest BCUT2D eigenvalue weighted by atomic mass is 10.0. The third-order valence-corrected chi connectivity index (χ3v) is 3.41. The van der Waals surface area contributed by atoms with Gasteiger partial charge in [0.25, 0.3) is 0 Å². The van der Waals surface area contributed by atoms with E-state index in [-0.39, 0.29) is 11.9 Å². The molecule has 1 N–H and O–H groups in total. The molecule has 0 aliphatic heterocycles. The van der Waals surface area contributed by atoms with E-state index in [4.69, 9.17) is 11.6 Å². The molecule has 0 spiro atoms. The second-order valence-electron chi connectivity index (χ2n) is 4.48. The highest BCUT2D eigenvalue weighted by Crippen LogP contribution is 2.29. The molecule has 0 bridgehead atoms. The van der Waals surface area contributed by atoms with Crippen LogP contribution in [-0.2, 0) is 6.54 Å². The van der Waals surface area contributed by atoms with E-state index in [0.29, 0.717) is 17.1 Å². The Kier molecular flexibility index (Phi) is 5.09. The molecule has 6 heteroatoms. The molecule has 0 fully saturated rings. The summed E-state index contributed by atoms with van der Waals surface area (Å²) in [6, 6.07) is 1.35. The Labute approximate surface area is 123 Å². The zero-order chi connectivity index (χ0) is 14.5. The predicted octanol–water partition coefficient (Wildman–Crippen LogP) is 3.18. The van der Waals surface area contributed by atoms with Gasteiger partial charge in [0.1, 0.15) is 5.82 Å². The largest absolute Gasteiger partial charge is 0.305 e. The van der Waals surface area contributed by atoms with Crippen LogP contribution in [0.3, 0.4) is 0 Å². The summed E-state index contributed by atoms with van der Waals surface area (Å²) in [5, 5.41) is 8.10. The van der Waals surface area contributed by atoms with Crippen molar-refractivity contribution in [2.24, 2.45) is 0 Å². The van der Waals surface area contributed by atoms with E-state index in [1.165, 1.54) is 6.20 Å². The summed E-state index contributed by atoms with van der Waals surface area (Å²) in [5.41, 5.74) is 1.32. The molecular formula is C14H18ClFN4. The molecule has 108 valence electrons. The van der Waals surface area contributed by atoms with Crippen LogP contribution in [0.25, 0.3) is 0 Å². The van der Waals surface area contributed by atoms with Gasteiger partial charge in [0, 0.05) is 18.3 Å². The van der Waals surface area contributed by atoms with Crippen LogP contribution in [0.15, 0.2) is 24.7 Å². The van der Waals surface area contributed by atoms with E-state index < -0.39 is 0 Å². The molecule has 4 nitrogen and oxygen atoms in total. The van der Waals surface area contributed by atoms with Gasteiger partial charge in [-0.1, -0.05) is 18.5 Å². The number of rotatable bonds is 6. The first kappa shape index (κ1) is 14.9. The number of pyridine rings is 1. The van der Waals surface area contributed by atoms with Gasteiger partial charge in [-0.2, -0.15) is 5.10 Å². The summed E-state index contributed by atoms with van der Waals surface area (Å²) in [5.74, 6) is -0.346. The van der Waals surface area contributed by atoms with E-state index in [0.717, 1.165) is 18.7 Å². The number of aromatic nitrogens is 3. The molecule has 0 radical (unpaired) electrons. The molecule has 0 saturated carbocycles. The molecule has 1 unspecified atom stereocenters. The van der Waals surface area contributed by atoms with E-state index in [9.17, 15) is 4.39 Å². The average Bonchev–Trinajstić information content (AvgIpc) is 2.82. The molecule has 1 atom stereocenters. The average molecular weight is 297 g/mol. The lowest BCUT2D eigenvalue weighted by Gasteiger charge is -2.21. The van der Waals surface area contributed by atoms with Gasteiger partial charge in [-0.25, -0.2) is 4.39 Å². The van der Waals surface area contributed by atoms with Crippen molar-refractivity contribution >= 4 is 11.6 Å². The van der Waals surface area contributed by atoms with Gasteiger partial charge in [0.05, 0.1) is 29.2 Å². The molecule has 0 saturated heterocycles. The number of hydrogen-bond acceptors (Lipinski definition) is 3. The number of aryl methyl sites for hydroxylation is 1. The van der Waals surface area contributed by atoms with Crippen molar-refractivity contribution in [3.05, 3.63) is 46.8 Å². The summed E-state index contributed by atoms with van der Waals surface area (Å²) in [4.78, 5) is 3.80. The Bertz CT molecular complexity index is 570. The third kappa shape index (κ3) is 2.99. The quantitative estimate of drug-likeness (QED) is 0.890. The van der Waals surface area contributed by atoms with Crippen LogP contribution < -0.4 is 5.32 Å². The Morgan fingerprint density at radius 1 is 1.40 bits per heavy atom. The van der Waals surface area contributed by atoms with Gasteiger partial charge in [-0.3, -0.25) is 9.67 Å². The fourth-order valence-electron chi connectivity index (χ4n) is 2.17. The Morgan fingerprint density at radius 3 is 2.85 bits per heavy atom. The highest BCUT2D eigenvalue weighted by Gasteiger charge is 2.23. The van der Waals surface area contributed by atoms with E-state index in [2.05, 4.69) is 22.3 Å². The molecule has 2 aromatic rings. The number of hydrogen-bond donors (Lipinski definition) is 1. The summed E-state index contributed by atoms with van der Waals surface area (Å²) < 4.78 is 15.8. The van der Waals surface area contributed by atoms with E-state index in [1.807, 2.05) is 6.92 Å². The molecule has 0 amide bonds. The van der Waals surface area contributed by atoms with Gasteiger partial charge >= 0.3 is 0 Å². The van der Waals surface area contributed by atoms with Crippen LogP contribution in [0, 0.1) is 5.82 Å². The van der Waals surface area contributed by atoms with Crippen LogP contribution in [-0.4, -0.2) is 21.3 Å². The highest BCUT2D eigenvalue weighted by atomic mass is 35.5. The Morgan fingerprint density at radius 2 is 2.20 bits per heavy atom. The van der Waals surface area contributed by atoms with E-state index >= 15 is 0 Å². The van der Waals surface area contributed by atoms with Crippen LogP contribution in [0.1, 0.15) is 37.6 Å². The SMILES string of the molecule is CCCNC(c1ccncc1F)c1c(Cl)cnn1CC. The monoisotopic (exact) mass is 296 g/mol. The maximum Gasteiger partial charge on any atom is 0.146 e. The molecule has 0 aromatic carbocycles. The minimum absolute atomic E-state index is 0.326. The normalized spacial score (nSPS) is 12.6. The zero-order valence-electron chi connectivity index (χ0n) is 11.6. The van der Waals surface area contributed by atoms with Crippen LogP contribution in [0.5, 0.6) is 0 Å². The minimum atomic E-state index is -0.346. The Hall–Kier alpha value is -1.46. The molecule has 0 aliphatic carbocycles. The Balaban J connectivity index is 2.47. The van der Waals surface area contributed by atoms with Gasteiger partial charge in [-0.15, -0.1) is 0 Å². The molecule has 2 heterocycles. The van der Waals surface area contributed by atoms with Crippen LogP contribution in [0.4, 0.5) is 4.39 Å². The van der Waals surface area contributed by atoms with Crippen molar-refractivity contribution < 1.29 is 4.39 Å². The van der Waals surface area contributed by atoms with Crippen molar-refractivity contribution in [2.45, 2.75) is 32.9 Å². The number of nitrogens with zero attached hydrogens (tertiary/aromatic N) is 3. The second kappa shape index (κ2) is 6.81. The topological polar surface area (TPSA) is 42.7 Å².